The molecule has 0 radical (unpaired) electrons. The Labute approximate surface area is 348 Å². The summed E-state index contributed by atoms with van der Waals surface area (Å²) >= 11 is 0. The molecule has 282 valence electrons. The van der Waals surface area contributed by atoms with Crippen molar-refractivity contribution in [3.63, 3.8) is 0 Å². The number of hydrogen-bond donors (Lipinski definition) is 1. The van der Waals surface area contributed by atoms with Gasteiger partial charge >= 0.3 is 0 Å². The molecule has 0 spiro atoms. The van der Waals surface area contributed by atoms with Crippen molar-refractivity contribution in [1.82, 2.24) is 9.55 Å². The normalized spacial score (nSPS) is 11.9. The fourth-order valence-corrected chi connectivity index (χ4v) is 9.32. The van der Waals surface area contributed by atoms with Crippen molar-refractivity contribution in [2.75, 3.05) is 10.2 Å². The van der Waals surface area contributed by atoms with Crippen LogP contribution in [0.4, 0.5) is 28.4 Å². The van der Waals surface area contributed by atoms with Crippen molar-refractivity contribution in [2.45, 2.75) is 6.92 Å². The van der Waals surface area contributed by atoms with E-state index < -0.39 is 0 Å². The Balaban J connectivity index is 1.23. The third-order valence-electron chi connectivity index (χ3n) is 12.0. The number of para-hydroxylation sites is 3. The SMILES string of the molecule is Cc1ccc(Nc2ccccc2-c2cc(N(c3ccccc3)c3ccccc3)c3c4c5ccccc5ccc4n4c3c2Bc2cc3nc(-c5ccccc5)oc3cc2-4)cc1. The fourth-order valence-electron chi connectivity index (χ4n) is 9.32. The van der Waals surface area contributed by atoms with Crippen LogP contribution in [0.1, 0.15) is 5.56 Å². The van der Waals surface area contributed by atoms with Gasteiger partial charge in [0.25, 0.3) is 0 Å². The van der Waals surface area contributed by atoms with Gasteiger partial charge in [-0.15, -0.1) is 0 Å². The molecule has 11 aromatic rings. The molecule has 9 aromatic carbocycles. The van der Waals surface area contributed by atoms with E-state index in [1.807, 2.05) is 18.2 Å². The highest BCUT2D eigenvalue weighted by molar-refractivity contribution is 6.74. The molecule has 0 saturated heterocycles. The molecule has 6 heteroatoms. The maximum atomic E-state index is 6.57. The first-order chi connectivity index (χ1) is 29.7. The molecule has 3 heterocycles. The van der Waals surface area contributed by atoms with Crippen molar-refractivity contribution in [3.05, 3.63) is 200 Å². The lowest BCUT2D eigenvalue weighted by Gasteiger charge is -2.30. The Morgan fingerprint density at radius 1 is 0.617 bits per heavy atom. The Morgan fingerprint density at radius 2 is 1.30 bits per heavy atom. The number of oxazole rings is 1. The first kappa shape index (κ1) is 34.2. The summed E-state index contributed by atoms with van der Waals surface area (Å²) in [6, 6.07) is 69.4. The highest BCUT2D eigenvalue weighted by Crippen LogP contribution is 2.48. The van der Waals surface area contributed by atoms with E-state index >= 15 is 0 Å². The highest BCUT2D eigenvalue weighted by atomic mass is 16.3. The fraction of sp³-hybridized carbons (Fsp3) is 0.0185. The number of aromatic nitrogens is 2. The van der Waals surface area contributed by atoms with Crippen molar-refractivity contribution in [2.24, 2.45) is 0 Å². The van der Waals surface area contributed by atoms with Gasteiger partial charge < -0.3 is 19.2 Å². The first-order valence-electron chi connectivity index (χ1n) is 20.5. The monoisotopic (exact) mass is 768 g/mol. The van der Waals surface area contributed by atoms with Crippen LogP contribution < -0.4 is 21.1 Å². The van der Waals surface area contributed by atoms with Crippen molar-refractivity contribution in [3.8, 4) is 28.3 Å². The predicted octanol–water partition coefficient (Wildman–Crippen LogP) is 12.6. The minimum Gasteiger partial charge on any atom is -0.436 e. The van der Waals surface area contributed by atoms with Crippen molar-refractivity contribution >= 4 is 90.3 Å². The van der Waals surface area contributed by atoms with E-state index in [-0.39, 0.29) is 0 Å². The number of nitrogens with zero attached hydrogens (tertiary/aromatic N) is 3. The van der Waals surface area contributed by atoms with Gasteiger partial charge in [-0.3, -0.25) is 0 Å². The average molecular weight is 769 g/mol. The van der Waals surface area contributed by atoms with Crippen LogP contribution in [0.15, 0.2) is 199 Å². The minimum atomic E-state index is 0.624. The van der Waals surface area contributed by atoms with E-state index in [0.29, 0.717) is 13.2 Å². The molecule has 2 aromatic heterocycles. The van der Waals surface area contributed by atoms with Gasteiger partial charge in [0.05, 0.1) is 16.7 Å². The summed E-state index contributed by atoms with van der Waals surface area (Å²) in [6.45, 7) is 2.12. The molecule has 5 nitrogen and oxygen atoms in total. The summed E-state index contributed by atoms with van der Waals surface area (Å²) in [4.78, 5) is 7.48. The van der Waals surface area contributed by atoms with E-state index in [1.165, 1.54) is 49.1 Å². The van der Waals surface area contributed by atoms with Gasteiger partial charge in [-0.25, -0.2) is 4.98 Å². The van der Waals surface area contributed by atoms with Gasteiger partial charge in [0, 0.05) is 56.4 Å². The van der Waals surface area contributed by atoms with Gasteiger partial charge in [0.1, 0.15) is 5.52 Å². The lowest BCUT2D eigenvalue weighted by Crippen LogP contribution is -2.37. The zero-order valence-corrected chi connectivity index (χ0v) is 32.9. The maximum absolute atomic E-state index is 6.57. The molecule has 0 amide bonds. The van der Waals surface area contributed by atoms with E-state index in [0.717, 1.165) is 61.9 Å². The van der Waals surface area contributed by atoms with E-state index in [4.69, 9.17) is 9.40 Å². The largest absolute Gasteiger partial charge is 0.436 e. The van der Waals surface area contributed by atoms with Gasteiger partial charge in [-0.2, -0.15) is 0 Å². The second kappa shape index (κ2) is 13.6. The number of hydrogen-bond acceptors (Lipinski definition) is 4. The van der Waals surface area contributed by atoms with Crippen LogP contribution in [0.5, 0.6) is 0 Å². The molecule has 0 unspecified atom stereocenters. The molecule has 60 heavy (non-hydrogen) atoms. The summed E-state index contributed by atoms with van der Waals surface area (Å²) in [5, 5.41) is 8.68. The Morgan fingerprint density at radius 3 is 2.07 bits per heavy atom. The third-order valence-corrected chi connectivity index (χ3v) is 12.0. The molecule has 12 rings (SSSR count). The molecule has 0 bridgehead atoms. The topological polar surface area (TPSA) is 46.2 Å². The van der Waals surface area contributed by atoms with Crippen LogP contribution in [0.3, 0.4) is 0 Å². The Bertz CT molecular complexity index is 3390. The number of rotatable bonds is 7. The summed E-state index contributed by atoms with van der Waals surface area (Å²) in [6.07, 6.45) is 0. The molecule has 1 N–H and O–H groups in total. The van der Waals surface area contributed by atoms with E-state index in [1.54, 1.807) is 0 Å². The molecule has 0 fully saturated rings. The summed E-state index contributed by atoms with van der Waals surface area (Å²) in [5.74, 6) is 0.624. The van der Waals surface area contributed by atoms with Gasteiger partial charge in [0.15, 0.2) is 12.9 Å². The number of benzene rings is 9. The molecular formula is C54H37BN4O. The zero-order valence-electron chi connectivity index (χ0n) is 32.9. The minimum absolute atomic E-state index is 0.624. The molecule has 0 saturated carbocycles. The number of nitrogens with one attached hydrogen (secondary N) is 1. The second-order valence-corrected chi connectivity index (χ2v) is 15.7. The van der Waals surface area contributed by atoms with Gasteiger partial charge in [-0.05, 0) is 102 Å². The first-order valence-corrected chi connectivity index (χ1v) is 20.5. The molecule has 1 aliphatic rings. The summed E-state index contributed by atoms with van der Waals surface area (Å²) in [7, 11) is 0.717. The number of anilines is 5. The van der Waals surface area contributed by atoms with E-state index in [2.05, 4.69) is 198 Å². The van der Waals surface area contributed by atoms with Crippen LogP contribution in [-0.2, 0) is 0 Å². The predicted molar refractivity (Wildman–Crippen MR) is 252 cm³/mol. The molecule has 0 aliphatic carbocycles. The van der Waals surface area contributed by atoms with Crippen LogP contribution >= 0.6 is 0 Å². The smallest absolute Gasteiger partial charge is 0.227 e. The van der Waals surface area contributed by atoms with Crippen molar-refractivity contribution in [1.29, 1.82) is 0 Å². The average Bonchev–Trinajstić information content (AvgIpc) is 3.89. The van der Waals surface area contributed by atoms with Crippen LogP contribution in [0.2, 0.25) is 0 Å². The Hall–Kier alpha value is -7.83. The number of fused-ring (bicyclic) bond motifs is 8. The van der Waals surface area contributed by atoms with Crippen LogP contribution in [-0.4, -0.2) is 16.8 Å². The van der Waals surface area contributed by atoms with E-state index in [9.17, 15) is 0 Å². The summed E-state index contributed by atoms with van der Waals surface area (Å²) < 4.78 is 9.08. The third kappa shape index (κ3) is 5.45. The zero-order chi connectivity index (χ0) is 39.7. The molecule has 1 aliphatic heterocycles. The van der Waals surface area contributed by atoms with Gasteiger partial charge in [0.2, 0.25) is 5.89 Å². The van der Waals surface area contributed by atoms with Crippen molar-refractivity contribution < 1.29 is 4.42 Å². The Kier molecular flexibility index (Phi) is 7.78. The quantitative estimate of drug-likeness (QED) is 0.164. The standard InChI is InChI=1S/C54H37BN4O/c1-34-25-28-37(29-26-34)56-44-24-14-13-23-41(44)42-31-48(58(38-18-7-3-8-19-38)39-20-9-4-10-21-39)51-50-40-22-12-11-15-35(40)27-30-46(50)59-47-33-49-45(32-43(47)55-52(42)53(51)59)57-54(60-49)36-16-5-2-6-17-36/h2-33,55-56H,1H3. The lowest BCUT2D eigenvalue weighted by atomic mass is 9.59. The highest BCUT2D eigenvalue weighted by Gasteiger charge is 2.32. The maximum Gasteiger partial charge on any atom is 0.227 e. The van der Waals surface area contributed by atoms with Gasteiger partial charge in [-0.1, -0.05) is 126 Å². The van der Waals surface area contributed by atoms with Crippen LogP contribution in [0.25, 0.3) is 71.9 Å². The lowest BCUT2D eigenvalue weighted by molar-refractivity contribution is 0.619. The summed E-state index contributed by atoms with van der Waals surface area (Å²) in [5.41, 5.74) is 17.4. The molecule has 0 atom stereocenters. The molecular weight excluding hydrogens is 731 g/mol. The number of aryl methyl sites for hydroxylation is 1. The second-order valence-electron chi connectivity index (χ2n) is 15.7. The van der Waals surface area contributed by atoms with Crippen LogP contribution in [0, 0.1) is 6.92 Å².